The molecule has 0 amide bonds. The van der Waals surface area contributed by atoms with Crippen LogP contribution in [0.2, 0.25) is 0 Å². The molecule has 0 saturated carbocycles. The molecule has 0 fully saturated rings. The summed E-state index contributed by atoms with van der Waals surface area (Å²) in [4.78, 5) is 13.2. The van der Waals surface area contributed by atoms with E-state index in [4.69, 9.17) is 9.47 Å². The number of thioether (sulfide) groups is 1. The lowest BCUT2D eigenvalue weighted by Gasteiger charge is -2.17. The Morgan fingerprint density at radius 2 is 1.77 bits per heavy atom. The standard InChI is InChI=1S/C18H20O3S/c1-3-21-18(19)17(13-14-9-5-4-6-10-14)22-16-12-8-7-11-15(16)20-2/h4-12,17H,3,13H2,1-2H3. The van der Waals surface area contributed by atoms with Gasteiger partial charge in [0.25, 0.3) is 0 Å². The van der Waals surface area contributed by atoms with Crippen LogP contribution in [0.3, 0.4) is 0 Å². The van der Waals surface area contributed by atoms with Gasteiger partial charge in [-0.3, -0.25) is 4.79 Å². The van der Waals surface area contributed by atoms with Crippen LogP contribution in [0.15, 0.2) is 59.5 Å². The highest BCUT2D eigenvalue weighted by Gasteiger charge is 2.23. The Hall–Kier alpha value is -1.94. The average Bonchev–Trinajstić information content (AvgIpc) is 2.56. The summed E-state index contributed by atoms with van der Waals surface area (Å²) in [5, 5.41) is -0.293. The van der Waals surface area contributed by atoms with Gasteiger partial charge in [-0.05, 0) is 31.0 Å². The number of ether oxygens (including phenoxy) is 2. The third kappa shape index (κ3) is 4.53. The van der Waals surface area contributed by atoms with Gasteiger partial charge < -0.3 is 9.47 Å². The molecule has 0 saturated heterocycles. The summed E-state index contributed by atoms with van der Waals surface area (Å²) >= 11 is 1.48. The molecule has 0 radical (unpaired) electrons. The predicted octanol–water partition coefficient (Wildman–Crippen LogP) is 3.96. The van der Waals surface area contributed by atoms with E-state index in [0.29, 0.717) is 13.0 Å². The molecule has 0 aliphatic rings. The molecule has 2 rings (SSSR count). The maximum absolute atomic E-state index is 12.3. The fourth-order valence-electron chi connectivity index (χ4n) is 2.11. The Bertz CT molecular complexity index is 598. The van der Waals surface area contributed by atoms with Crippen LogP contribution in [0, 0.1) is 0 Å². The number of hydrogen-bond donors (Lipinski definition) is 0. The van der Waals surface area contributed by atoms with Gasteiger partial charge in [0.1, 0.15) is 11.0 Å². The number of carbonyl (C=O) groups excluding carboxylic acids is 1. The van der Waals surface area contributed by atoms with Crippen molar-refractivity contribution in [1.82, 2.24) is 0 Å². The van der Waals surface area contributed by atoms with Crippen molar-refractivity contribution in [2.45, 2.75) is 23.5 Å². The van der Waals surface area contributed by atoms with Gasteiger partial charge in [-0.15, -0.1) is 11.8 Å². The van der Waals surface area contributed by atoms with Crippen LogP contribution in [0.1, 0.15) is 12.5 Å². The van der Waals surface area contributed by atoms with Crippen molar-refractivity contribution >= 4 is 17.7 Å². The smallest absolute Gasteiger partial charge is 0.319 e. The summed E-state index contributed by atoms with van der Waals surface area (Å²) in [6.45, 7) is 2.21. The van der Waals surface area contributed by atoms with Crippen LogP contribution in [-0.2, 0) is 16.0 Å². The summed E-state index contributed by atoms with van der Waals surface area (Å²) in [7, 11) is 1.63. The SMILES string of the molecule is CCOC(=O)C(Cc1ccccc1)Sc1ccccc1OC. The second-order valence-corrected chi connectivity index (χ2v) is 5.94. The van der Waals surface area contributed by atoms with Gasteiger partial charge in [-0.2, -0.15) is 0 Å². The molecule has 0 bridgehead atoms. The third-order valence-electron chi connectivity index (χ3n) is 3.15. The van der Waals surface area contributed by atoms with E-state index >= 15 is 0 Å². The van der Waals surface area contributed by atoms with Gasteiger partial charge in [0.15, 0.2) is 0 Å². The van der Waals surface area contributed by atoms with Gasteiger partial charge in [-0.25, -0.2) is 0 Å². The summed E-state index contributed by atoms with van der Waals surface area (Å²) in [6.07, 6.45) is 0.627. The first-order valence-corrected chi connectivity index (χ1v) is 8.12. The van der Waals surface area contributed by atoms with Crippen molar-refractivity contribution < 1.29 is 14.3 Å². The molecule has 2 aromatic carbocycles. The van der Waals surface area contributed by atoms with Crippen LogP contribution in [0.4, 0.5) is 0 Å². The monoisotopic (exact) mass is 316 g/mol. The lowest BCUT2D eigenvalue weighted by molar-refractivity contribution is -0.142. The molecule has 1 atom stereocenters. The highest BCUT2D eigenvalue weighted by atomic mass is 32.2. The molecule has 0 spiro atoms. The van der Waals surface area contributed by atoms with Gasteiger partial charge in [-0.1, -0.05) is 42.5 Å². The molecular weight excluding hydrogens is 296 g/mol. The van der Waals surface area contributed by atoms with E-state index in [1.54, 1.807) is 7.11 Å². The quantitative estimate of drug-likeness (QED) is 0.572. The Balaban J connectivity index is 2.19. The van der Waals surface area contributed by atoms with Gasteiger partial charge in [0.2, 0.25) is 0 Å². The second kappa shape index (κ2) is 8.49. The molecule has 0 aromatic heterocycles. The fraction of sp³-hybridized carbons (Fsp3) is 0.278. The molecule has 0 N–H and O–H groups in total. The van der Waals surface area contributed by atoms with E-state index in [-0.39, 0.29) is 11.2 Å². The molecule has 116 valence electrons. The number of benzene rings is 2. The van der Waals surface area contributed by atoms with E-state index in [1.807, 2.05) is 61.5 Å². The predicted molar refractivity (Wildman–Crippen MR) is 89.4 cm³/mol. The zero-order chi connectivity index (χ0) is 15.8. The van der Waals surface area contributed by atoms with E-state index in [9.17, 15) is 4.79 Å². The Morgan fingerprint density at radius 3 is 2.45 bits per heavy atom. The third-order valence-corrected chi connectivity index (χ3v) is 4.39. The van der Waals surface area contributed by atoms with Crippen LogP contribution in [0.25, 0.3) is 0 Å². The second-order valence-electron chi connectivity index (χ2n) is 4.70. The van der Waals surface area contributed by atoms with E-state index in [0.717, 1.165) is 16.2 Å². The minimum atomic E-state index is -0.293. The lowest BCUT2D eigenvalue weighted by Crippen LogP contribution is -2.22. The maximum Gasteiger partial charge on any atom is 0.319 e. The number of carbonyl (C=O) groups is 1. The minimum Gasteiger partial charge on any atom is -0.496 e. The number of esters is 1. The highest BCUT2D eigenvalue weighted by Crippen LogP contribution is 2.33. The van der Waals surface area contributed by atoms with Crippen molar-refractivity contribution in [1.29, 1.82) is 0 Å². The number of methoxy groups -OCH3 is 1. The molecule has 2 aromatic rings. The molecule has 0 aliphatic heterocycles. The van der Waals surface area contributed by atoms with Crippen molar-refractivity contribution in [3.05, 3.63) is 60.2 Å². The first kappa shape index (κ1) is 16.4. The fourth-order valence-corrected chi connectivity index (χ4v) is 3.28. The normalized spacial score (nSPS) is 11.7. The lowest BCUT2D eigenvalue weighted by atomic mass is 10.1. The first-order chi connectivity index (χ1) is 10.7. The van der Waals surface area contributed by atoms with Crippen molar-refractivity contribution in [3.8, 4) is 5.75 Å². The number of rotatable bonds is 7. The maximum atomic E-state index is 12.3. The molecule has 0 heterocycles. The molecular formula is C18H20O3S. The van der Waals surface area contributed by atoms with Crippen molar-refractivity contribution in [2.24, 2.45) is 0 Å². The van der Waals surface area contributed by atoms with E-state index in [2.05, 4.69) is 0 Å². The summed E-state index contributed by atoms with van der Waals surface area (Å²) in [5.74, 6) is 0.581. The molecule has 22 heavy (non-hydrogen) atoms. The average molecular weight is 316 g/mol. The number of hydrogen-bond acceptors (Lipinski definition) is 4. The van der Waals surface area contributed by atoms with Gasteiger partial charge in [0.05, 0.1) is 18.6 Å². The minimum absolute atomic E-state index is 0.192. The zero-order valence-electron chi connectivity index (χ0n) is 12.8. The summed E-state index contributed by atoms with van der Waals surface area (Å²) in [6, 6.07) is 17.7. The largest absolute Gasteiger partial charge is 0.496 e. The highest BCUT2D eigenvalue weighted by molar-refractivity contribution is 8.00. The summed E-state index contributed by atoms with van der Waals surface area (Å²) in [5.41, 5.74) is 1.11. The van der Waals surface area contributed by atoms with Gasteiger partial charge >= 0.3 is 5.97 Å². The van der Waals surface area contributed by atoms with Crippen molar-refractivity contribution in [3.63, 3.8) is 0 Å². The van der Waals surface area contributed by atoms with Crippen LogP contribution >= 0.6 is 11.8 Å². The van der Waals surface area contributed by atoms with Crippen LogP contribution in [0.5, 0.6) is 5.75 Å². The Labute approximate surface area is 135 Å². The van der Waals surface area contributed by atoms with E-state index in [1.165, 1.54) is 11.8 Å². The molecule has 3 nitrogen and oxygen atoms in total. The first-order valence-electron chi connectivity index (χ1n) is 7.24. The molecule has 1 unspecified atom stereocenters. The Morgan fingerprint density at radius 1 is 1.09 bits per heavy atom. The van der Waals surface area contributed by atoms with Crippen LogP contribution < -0.4 is 4.74 Å². The van der Waals surface area contributed by atoms with Crippen molar-refractivity contribution in [2.75, 3.05) is 13.7 Å². The zero-order valence-corrected chi connectivity index (χ0v) is 13.6. The topological polar surface area (TPSA) is 35.5 Å². The van der Waals surface area contributed by atoms with Crippen LogP contribution in [-0.4, -0.2) is 24.9 Å². The number of para-hydroxylation sites is 1. The Kier molecular flexibility index (Phi) is 6.34. The molecule has 4 heteroatoms. The summed E-state index contributed by atoms with van der Waals surface area (Å²) < 4.78 is 10.6. The molecule has 0 aliphatic carbocycles. The van der Waals surface area contributed by atoms with Gasteiger partial charge in [0, 0.05) is 0 Å². The van der Waals surface area contributed by atoms with E-state index < -0.39 is 0 Å².